The third kappa shape index (κ3) is 3.96. The number of nitrogens with zero attached hydrogens (tertiary/aromatic N) is 3. The van der Waals surface area contributed by atoms with E-state index in [9.17, 15) is 4.79 Å². The first-order valence-corrected chi connectivity index (χ1v) is 6.16. The fourth-order valence-electron chi connectivity index (χ4n) is 1.47. The molecule has 0 atom stereocenters. The minimum atomic E-state index is -0.115. The number of carbonyl (C=O) groups excluding carboxylic acids is 1. The number of anilines is 1. The summed E-state index contributed by atoms with van der Waals surface area (Å²) in [4.78, 5) is 22.0. The van der Waals surface area contributed by atoms with Crippen LogP contribution >= 0.6 is 0 Å². The summed E-state index contributed by atoms with van der Waals surface area (Å²) in [7, 11) is 4.02. The highest BCUT2D eigenvalue weighted by molar-refractivity contribution is 5.93. The van der Waals surface area contributed by atoms with Gasteiger partial charge in [-0.05, 0) is 26.9 Å². The molecule has 1 saturated carbocycles. The molecule has 6 nitrogen and oxygen atoms in total. The van der Waals surface area contributed by atoms with E-state index >= 15 is 0 Å². The van der Waals surface area contributed by atoms with E-state index in [0.29, 0.717) is 17.6 Å². The minimum Gasteiger partial charge on any atom is -0.369 e. The van der Waals surface area contributed by atoms with E-state index in [0.717, 1.165) is 25.9 Å². The van der Waals surface area contributed by atoms with Crippen LogP contribution in [0.2, 0.25) is 0 Å². The predicted octanol–water partition coefficient (Wildman–Crippen LogP) is 0.342. The number of rotatable bonds is 6. The van der Waals surface area contributed by atoms with Gasteiger partial charge in [-0.2, -0.15) is 0 Å². The van der Waals surface area contributed by atoms with E-state index in [2.05, 4.69) is 25.5 Å². The molecule has 0 saturated heterocycles. The van der Waals surface area contributed by atoms with Gasteiger partial charge in [0.15, 0.2) is 0 Å². The molecule has 1 amide bonds. The summed E-state index contributed by atoms with van der Waals surface area (Å²) >= 11 is 0. The van der Waals surface area contributed by atoms with E-state index in [1.807, 2.05) is 14.1 Å². The van der Waals surface area contributed by atoms with Crippen molar-refractivity contribution in [3.8, 4) is 0 Å². The van der Waals surface area contributed by atoms with Crippen molar-refractivity contribution in [2.45, 2.75) is 18.9 Å². The molecule has 0 aliphatic heterocycles. The summed E-state index contributed by atoms with van der Waals surface area (Å²) in [6.07, 6.45) is 3.56. The van der Waals surface area contributed by atoms with Gasteiger partial charge in [0.05, 0.1) is 0 Å². The molecule has 1 aromatic rings. The summed E-state index contributed by atoms with van der Waals surface area (Å²) in [5.41, 5.74) is 0.421. The largest absolute Gasteiger partial charge is 0.369 e. The Hall–Kier alpha value is -1.69. The van der Waals surface area contributed by atoms with Gasteiger partial charge < -0.3 is 15.5 Å². The Morgan fingerprint density at radius 3 is 2.89 bits per heavy atom. The van der Waals surface area contributed by atoms with Crippen molar-refractivity contribution in [3.63, 3.8) is 0 Å². The maximum absolute atomic E-state index is 11.8. The van der Waals surface area contributed by atoms with E-state index in [1.54, 1.807) is 6.07 Å². The Labute approximate surface area is 107 Å². The maximum atomic E-state index is 11.8. The number of nitrogens with one attached hydrogen (secondary N) is 2. The van der Waals surface area contributed by atoms with Crippen LogP contribution in [-0.2, 0) is 0 Å². The SMILES string of the molecule is CN(C)CCNc1cc(C(=O)NC2CC2)ncn1. The van der Waals surface area contributed by atoms with Crippen LogP contribution in [-0.4, -0.2) is 54.0 Å². The lowest BCUT2D eigenvalue weighted by Gasteiger charge is -2.11. The second kappa shape index (κ2) is 5.77. The molecular weight excluding hydrogens is 230 g/mol. The number of hydrogen-bond donors (Lipinski definition) is 2. The van der Waals surface area contributed by atoms with Crippen molar-refractivity contribution in [2.75, 3.05) is 32.5 Å². The van der Waals surface area contributed by atoms with Crippen molar-refractivity contribution in [1.82, 2.24) is 20.2 Å². The Balaban J connectivity index is 1.89. The molecule has 1 fully saturated rings. The van der Waals surface area contributed by atoms with Crippen molar-refractivity contribution in [3.05, 3.63) is 18.1 Å². The van der Waals surface area contributed by atoms with Crippen molar-refractivity contribution in [2.24, 2.45) is 0 Å². The van der Waals surface area contributed by atoms with Crippen LogP contribution in [0.1, 0.15) is 23.3 Å². The van der Waals surface area contributed by atoms with Gasteiger partial charge in [0, 0.05) is 25.2 Å². The molecule has 1 aliphatic rings. The summed E-state index contributed by atoms with van der Waals surface area (Å²) in [5.74, 6) is 0.573. The van der Waals surface area contributed by atoms with E-state index in [4.69, 9.17) is 0 Å². The Bertz CT molecular complexity index is 417. The van der Waals surface area contributed by atoms with Gasteiger partial charge in [0.2, 0.25) is 0 Å². The van der Waals surface area contributed by atoms with Crippen LogP contribution < -0.4 is 10.6 Å². The molecule has 2 rings (SSSR count). The van der Waals surface area contributed by atoms with E-state index in [-0.39, 0.29) is 5.91 Å². The highest BCUT2D eigenvalue weighted by atomic mass is 16.2. The van der Waals surface area contributed by atoms with Crippen LogP contribution in [0.5, 0.6) is 0 Å². The Morgan fingerprint density at radius 2 is 2.22 bits per heavy atom. The quantitative estimate of drug-likeness (QED) is 0.761. The van der Waals surface area contributed by atoms with Gasteiger partial charge in [0.1, 0.15) is 17.8 Å². The van der Waals surface area contributed by atoms with Crippen molar-refractivity contribution >= 4 is 11.7 Å². The molecule has 0 bridgehead atoms. The third-order valence-electron chi connectivity index (χ3n) is 2.68. The highest BCUT2D eigenvalue weighted by Crippen LogP contribution is 2.19. The average molecular weight is 249 g/mol. The molecule has 1 heterocycles. The van der Waals surface area contributed by atoms with E-state index in [1.165, 1.54) is 6.33 Å². The smallest absolute Gasteiger partial charge is 0.270 e. The van der Waals surface area contributed by atoms with Gasteiger partial charge in [-0.3, -0.25) is 4.79 Å². The zero-order valence-electron chi connectivity index (χ0n) is 10.8. The molecule has 2 N–H and O–H groups in total. The number of carbonyl (C=O) groups is 1. The van der Waals surface area contributed by atoms with Crippen LogP contribution in [0.25, 0.3) is 0 Å². The molecule has 18 heavy (non-hydrogen) atoms. The first-order chi connectivity index (χ1) is 8.65. The first kappa shape index (κ1) is 12.8. The minimum absolute atomic E-state index is 0.115. The van der Waals surface area contributed by atoms with Gasteiger partial charge in [-0.15, -0.1) is 0 Å². The molecule has 0 unspecified atom stereocenters. The molecule has 98 valence electrons. The van der Waals surface area contributed by atoms with Gasteiger partial charge >= 0.3 is 0 Å². The summed E-state index contributed by atoms with van der Waals surface area (Å²) in [6, 6.07) is 2.03. The van der Waals surface area contributed by atoms with Crippen LogP contribution in [0.4, 0.5) is 5.82 Å². The zero-order chi connectivity index (χ0) is 13.0. The summed E-state index contributed by atoms with van der Waals surface area (Å²) in [5, 5.41) is 6.07. The average Bonchev–Trinajstić information content (AvgIpc) is 3.13. The molecule has 0 spiro atoms. The number of likely N-dealkylation sites (N-methyl/N-ethyl adjacent to an activating group) is 1. The topological polar surface area (TPSA) is 70.2 Å². The van der Waals surface area contributed by atoms with Gasteiger partial charge in [-0.1, -0.05) is 0 Å². The monoisotopic (exact) mass is 249 g/mol. The van der Waals surface area contributed by atoms with Gasteiger partial charge in [-0.25, -0.2) is 9.97 Å². The van der Waals surface area contributed by atoms with Crippen LogP contribution in [0.3, 0.4) is 0 Å². The van der Waals surface area contributed by atoms with E-state index < -0.39 is 0 Å². The fourth-order valence-corrected chi connectivity index (χ4v) is 1.47. The summed E-state index contributed by atoms with van der Waals surface area (Å²) in [6.45, 7) is 1.70. The predicted molar refractivity (Wildman–Crippen MR) is 69.6 cm³/mol. The normalized spacial score (nSPS) is 14.6. The zero-order valence-corrected chi connectivity index (χ0v) is 10.8. The molecule has 0 radical (unpaired) electrons. The number of aromatic nitrogens is 2. The fraction of sp³-hybridized carbons (Fsp3) is 0.583. The molecule has 1 aliphatic carbocycles. The lowest BCUT2D eigenvalue weighted by Crippen LogP contribution is -2.26. The van der Waals surface area contributed by atoms with Crippen LogP contribution in [0.15, 0.2) is 12.4 Å². The van der Waals surface area contributed by atoms with Crippen molar-refractivity contribution < 1.29 is 4.79 Å². The molecule has 1 aromatic heterocycles. The molecule has 0 aromatic carbocycles. The standard InChI is InChI=1S/C12H19N5O/c1-17(2)6-5-13-11-7-10(14-8-15-11)12(18)16-9-3-4-9/h7-9H,3-6H2,1-2H3,(H,16,18)(H,13,14,15). The lowest BCUT2D eigenvalue weighted by atomic mass is 10.3. The number of hydrogen-bond acceptors (Lipinski definition) is 5. The molecular formula is C12H19N5O. The van der Waals surface area contributed by atoms with Crippen molar-refractivity contribution in [1.29, 1.82) is 0 Å². The summed E-state index contributed by atoms with van der Waals surface area (Å²) < 4.78 is 0. The van der Waals surface area contributed by atoms with Gasteiger partial charge in [0.25, 0.3) is 5.91 Å². The highest BCUT2D eigenvalue weighted by Gasteiger charge is 2.24. The Kier molecular flexibility index (Phi) is 4.09. The lowest BCUT2D eigenvalue weighted by molar-refractivity contribution is 0.0946. The third-order valence-corrected chi connectivity index (χ3v) is 2.68. The second-order valence-corrected chi connectivity index (χ2v) is 4.77. The van der Waals surface area contributed by atoms with Crippen LogP contribution in [0, 0.1) is 0 Å². The first-order valence-electron chi connectivity index (χ1n) is 6.16. The Morgan fingerprint density at radius 1 is 1.44 bits per heavy atom. The maximum Gasteiger partial charge on any atom is 0.270 e. The number of amides is 1. The second-order valence-electron chi connectivity index (χ2n) is 4.77. The molecule has 6 heteroatoms.